The zero-order chi connectivity index (χ0) is 22.2. The quantitative estimate of drug-likeness (QED) is 0.615. The van der Waals surface area contributed by atoms with Crippen molar-refractivity contribution in [2.45, 2.75) is 18.4 Å². The summed E-state index contributed by atoms with van der Waals surface area (Å²) in [7, 11) is 0. The smallest absolute Gasteiger partial charge is 0.410 e. The molecule has 0 spiro atoms. The first kappa shape index (κ1) is 20.2. The Balaban J connectivity index is 1.38. The molecule has 0 unspecified atom stereocenters. The average Bonchev–Trinajstić information content (AvgIpc) is 3.38. The average molecular weight is 431 g/mol. The van der Waals surface area contributed by atoms with Crippen LogP contribution in [0.5, 0.6) is 0 Å². The highest BCUT2D eigenvalue weighted by Gasteiger charge is 2.41. The van der Waals surface area contributed by atoms with Crippen molar-refractivity contribution in [3.63, 3.8) is 0 Å². The van der Waals surface area contributed by atoms with Crippen LogP contribution < -0.4 is 0 Å². The lowest BCUT2D eigenvalue weighted by Gasteiger charge is -2.25. The Kier molecular flexibility index (Phi) is 5.13. The molecule has 1 saturated heterocycles. The molecule has 1 fully saturated rings. The van der Waals surface area contributed by atoms with Crippen molar-refractivity contribution in [3.8, 4) is 11.1 Å². The van der Waals surface area contributed by atoms with Crippen molar-refractivity contribution >= 4 is 12.1 Å². The number of carboxylic acid groups (broad SMARTS) is 1. The summed E-state index contributed by atoms with van der Waals surface area (Å²) >= 11 is 0. The normalized spacial score (nSPS) is 19.5. The van der Waals surface area contributed by atoms with Crippen LogP contribution in [0.1, 0.15) is 35.1 Å². The molecule has 0 radical (unpaired) electrons. The molecule has 2 aliphatic rings. The fourth-order valence-corrected chi connectivity index (χ4v) is 4.93. The SMILES string of the molecule is O=C(O)[C@H]1C[C@@H](c2ccccc2F)N(C(=O)OCC2c3ccccc3-c3ccccc32)C1. The van der Waals surface area contributed by atoms with Gasteiger partial charge in [-0.2, -0.15) is 0 Å². The predicted molar refractivity (Wildman–Crippen MR) is 117 cm³/mol. The van der Waals surface area contributed by atoms with Crippen molar-refractivity contribution in [1.82, 2.24) is 4.90 Å². The van der Waals surface area contributed by atoms with Crippen LogP contribution in [-0.4, -0.2) is 35.2 Å². The maximum absolute atomic E-state index is 14.4. The summed E-state index contributed by atoms with van der Waals surface area (Å²) in [6.45, 7) is 0.121. The standard InChI is InChI=1S/C26H22FNO4/c27-23-12-6-5-11-21(23)24-13-16(25(29)30)14-28(24)26(31)32-15-22-19-9-3-1-7-17(19)18-8-2-4-10-20(18)22/h1-12,16,22,24H,13-15H2,(H,29,30)/t16-,24-/m0/s1. The van der Waals surface area contributed by atoms with Crippen LogP contribution in [0, 0.1) is 11.7 Å². The summed E-state index contributed by atoms with van der Waals surface area (Å²) in [5, 5.41) is 9.50. The number of carbonyl (C=O) groups is 2. The van der Waals surface area contributed by atoms with Gasteiger partial charge in [-0.05, 0) is 34.7 Å². The minimum Gasteiger partial charge on any atom is -0.481 e. The number of rotatable bonds is 4. The predicted octanol–water partition coefficient (Wildman–Crippen LogP) is 5.22. The van der Waals surface area contributed by atoms with E-state index in [4.69, 9.17) is 4.74 Å². The van der Waals surface area contributed by atoms with Gasteiger partial charge in [0.05, 0.1) is 12.0 Å². The summed E-state index contributed by atoms with van der Waals surface area (Å²) in [5.41, 5.74) is 4.75. The first-order chi connectivity index (χ1) is 15.5. The minimum atomic E-state index is -1.000. The van der Waals surface area contributed by atoms with Crippen LogP contribution in [0.25, 0.3) is 11.1 Å². The molecule has 162 valence electrons. The molecular weight excluding hydrogens is 409 g/mol. The van der Waals surface area contributed by atoms with Gasteiger partial charge in [-0.25, -0.2) is 9.18 Å². The number of benzene rings is 3. The molecule has 3 aromatic carbocycles. The van der Waals surface area contributed by atoms with E-state index >= 15 is 0 Å². The number of hydrogen-bond acceptors (Lipinski definition) is 3. The summed E-state index contributed by atoms with van der Waals surface area (Å²) in [5.74, 6) is -2.32. The Hall–Kier alpha value is -3.67. The van der Waals surface area contributed by atoms with Gasteiger partial charge in [-0.1, -0.05) is 66.7 Å². The molecule has 1 aliphatic carbocycles. The third kappa shape index (κ3) is 3.42. The number of nitrogens with zero attached hydrogens (tertiary/aromatic N) is 1. The lowest BCUT2D eigenvalue weighted by molar-refractivity contribution is -0.141. The summed E-state index contributed by atoms with van der Waals surface area (Å²) in [4.78, 5) is 26.0. The molecule has 1 amide bonds. The third-order valence-corrected chi connectivity index (χ3v) is 6.49. The molecule has 2 atom stereocenters. The summed E-state index contributed by atoms with van der Waals surface area (Å²) in [6, 6.07) is 21.6. The molecule has 0 aromatic heterocycles. The van der Waals surface area contributed by atoms with Crippen molar-refractivity contribution in [2.24, 2.45) is 5.92 Å². The first-order valence-corrected chi connectivity index (χ1v) is 10.6. The number of ether oxygens (including phenoxy) is 1. The minimum absolute atomic E-state index is 0.00892. The van der Waals surface area contributed by atoms with Gasteiger partial charge < -0.3 is 14.7 Å². The van der Waals surface area contributed by atoms with Crippen molar-refractivity contribution in [1.29, 1.82) is 0 Å². The number of fused-ring (bicyclic) bond motifs is 3. The van der Waals surface area contributed by atoms with Gasteiger partial charge >= 0.3 is 12.1 Å². The first-order valence-electron chi connectivity index (χ1n) is 10.6. The molecule has 1 heterocycles. The van der Waals surface area contributed by atoms with Crippen LogP contribution in [0.4, 0.5) is 9.18 Å². The molecule has 5 rings (SSSR count). The second kappa shape index (κ2) is 8.11. The monoisotopic (exact) mass is 431 g/mol. The second-order valence-electron chi connectivity index (χ2n) is 8.26. The lowest BCUT2D eigenvalue weighted by Crippen LogP contribution is -2.33. The number of carbonyl (C=O) groups excluding carboxylic acids is 1. The fourth-order valence-electron chi connectivity index (χ4n) is 4.93. The largest absolute Gasteiger partial charge is 0.481 e. The molecule has 3 aromatic rings. The van der Waals surface area contributed by atoms with E-state index in [0.29, 0.717) is 5.56 Å². The van der Waals surface area contributed by atoms with Crippen LogP contribution in [0.15, 0.2) is 72.8 Å². The van der Waals surface area contributed by atoms with E-state index in [1.807, 2.05) is 36.4 Å². The van der Waals surface area contributed by atoms with Crippen LogP contribution in [-0.2, 0) is 9.53 Å². The molecule has 0 bridgehead atoms. The van der Waals surface area contributed by atoms with E-state index in [1.165, 1.54) is 11.0 Å². The van der Waals surface area contributed by atoms with Crippen molar-refractivity contribution < 1.29 is 23.8 Å². The topological polar surface area (TPSA) is 66.8 Å². The Bertz CT molecular complexity index is 1150. The zero-order valence-corrected chi connectivity index (χ0v) is 17.3. The highest BCUT2D eigenvalue weighted by atomic mass is 19.1. The van der Waals surface area contributed by atoms with Crippen LogP contribution in [0.2, 0.25) is 0 Å². The fraction of sp³-hybridized carbons (Fsp3) is 0.231. The Morgan fingerprint density at radius 1 is 0.906 bits per heavy atom. The molecule has 1 N–H and O–H groups in total. The van der Waals surface area contributed by atoms with Gasteiger partial charge in [0.1, 0.15) is 12.4 Å². The molecule has 5 nitrogen and oxygen atoms in total. The molecule has 0 saturated carbocycles. The lowest BCUT2D eigenvalue weighted by atomic mass is 9.98. The molecular formula is C26H22FNO4. The van der Waals surface area contributed by atoms with Crippen molar-refractivity contribution in [3.05, 3.63) is 95.3 Å². The van der Waals surface area contributed by atoms with Gasteiger partial charge in [-0.3, -0.25) is 4.79 Å². The third-order valence-electron chi connectivity index (χ3n) is 6.49. The molecule has 1 aliphatic heterocycles. The number of carboxylic acids is 1. The maximum atomic E-state index is 14.4. The van der Waals surface area contributed by atoms with Crippen LogP contribution in [0.3, 0.4) is 0 Å². The highest BCUT2D eigenvalue weighted by molar-refractivity contribution is 5.79. The van der Waals surface area contributed by atoms with Gasteiger partial charge in [0.25, 0.3) is 0 Å². The van der Waals surface area contributed by atoms with Gasteiger partial charge in [0.15, 0.2) is 0 Å². The number of likely N-dealkylation sites (tertiary alicyclic amines) is 1. The van der Waals surface area contributed by atoms with Gasteiger partial charge in [0.2, 0.25) is 0 Å². The summed E-state index contributed by atoms with van der Waals surface area (Å²) in [6.07, 6.45) is -0.468. The maximum Gasteiger partial charge on any atom is 0.410 e. The van der Waals surface area contributed by atoms with E-state index in [2.05, 4.69) is 12.1 Å². The Morgan fingerprint density at radius 3 is 2.06 bits per heavy atom. The number of aliphatic carboxylic acids is 1. The van der Waals surface area contributed by atoms with Gasteiger partial charge in [-0.15, -0.1) is 0 Å². The zero-order valence-electron chi connectivity index (χ0n) is 17.3. The van der Waals surface area contributed by atoms with Gasteiger partial charge in [0, 0.05) is 18.0 Å². The van der Waals surface area contributed by atoms with E-state index in [1.54, 1.807) is 18.2 Å². The summed E-state index contributed by atoms with van der Waals surface area (Å²) < 4.78 is 20.2. The van der Waals surface area contributed by atoms with E-state index < -0.39 is 29.8 Å². The van der Waals surface area contributed by atoms with Crippen molar-refractivity contribution in [2.75, 3.05) is 13.2 Å². The highest BCUT2D eigenvalue weighted by Crippen LogP contribution is 2.45. The van der Waals surface area contributed by atoms with E-state index in [9.17, 15) is 19.1 Å². The Labute approximate surface area is 185 Å². The number of amides is 1. The van der Waals surface area contributed by atoms with Crippen LogP contribution >= 0.6 is 0 Å². The molecule has 32 heavy (non-hydrogen) atoms. The second-order valence-corrected chi connectivity index (χ2v) is 8.26. The molecule has 6 heteroatoms. The number of hydrogen-bond donors (Lipinski definition) is 1. The van der Waals surface area contributed by atoms with E-state index in [-0.39, 0.29) is 25.5 Å². The number of halogens is 1. The van der Waals surface area contributed by atoms with E-state index in [0.717, 1.165) is 22.3 Å². The Morgan fingerprint density at radius 2 is 1.47 bits per heavy atom.